The number of carbonyl (C=O) groups excluding carboxylic acids is 1. The summed E-state index contributed by atoms with van der Waals surface area (Å²) in [5, 5.41) is 20.4. The number of halogens is 1. The molecule has 2 aliphatic rings. The Hall–Kier alpha value is -3.75. The number of fused-ring (bicyclic) bond motifs is 1. The third-order valence-corrected chi connectivity index (χ3v) is 6.83. The predicted octanol–water partition coefficient (Wildman–Crippen LogP) is 1.51. The summed E-state index contributed by atoms with van der Waals surface area (Å²) in [4.78, 5) is 21.6. The van der Waals surface area contributed by atoms with Gasteiger partial charge in [-0.15, -0.1) is 5.10 Å². The molecule has 2 aliphatic heterocycles. The van der Waals surface area contributed by atoms with E-state index in [1.165, 1.54) is 17.1 Å². The lowest BCUT2D eigenvalue weighted by molar-refractivity contribution is -0.139. The zero-order valence-corrected chi connectivity index (χ0v) is 19.6. The van der Waals surface area contributed by atoms with Gasteiger partial charge < -0.3 is 9.64 Å². The number of nitriles is 1. The van der Waals surface area contributed by atoms with Gasteiger partial charge in [0.2, 0.25) is 5.91 Å². The van der Waals surface area contributed by atoms with Crippen molar-refractivity contribution in [2.45, 2.75) is 32.4 Å². The van der Waals surface area contributed by atoms with Gasteiger partial charge in [-0.2, -0.15) is 9.94 Å². The minimum atomic E-state index is -0.510. The summed E-state index contributed by atoms with van der Waals surface area (Å²) < 4.78 is 21.6. The molecule has 4 heterocycles. The van der Waals surface area contributed by atoms with E-state index in [9.17, 15) is 14.4 Å². The highest BCUT2D eigenvalue weighted by molar-refractivity contribution is 5.78. The zero-order valence-electron chi connectivity index (χ0n) is 19.6. The maximum Gasteiger partial charge on any atom is 0.228 e. The fourth-order valence-corrected chi connectivity index (χ4v) is 4.86. The van der Waals surface area contributed by atoms with Crippen LogP contribution in [0.5, 0.6) is 0 Å². The molecule has 10 nitrogen and oxygen atoms in total. The maximum atomic E-state index is 13.9. The number of tetrazole rings is 1. The van der Waals surface area contributed by atoms with E-state index in [0.717, 1.165) is 23.4 Å². The third kappa shape index (κ3) is 4.50. The van der Waals surface area contributed by atoms with E-state index in [1.807, 2.05) is 24.0 Å². The number of carbonyl (C=O) groups is 1. The van der Waals surface area contributed by atoms with Crippen LogP contribution in [0.2, 0.25) is 0 Å². The molecular weight excluding hydrogens is 451 g/mol. The SMILES string of the molecule is Cc1cc(CC(=O)N2CCN3C[C@H](c4ccc(F)c(C#N)c4C)OC[C@@H]3C2)ncc1-n1cnnn1. The molecule has 5 rings (SSSR count). The fourth-order valence-electron chi connectivity index (χ4n) is 4.86. The van der Waals surface area contributed by atoms with Crippen LogP contribution >= 0.6 is 0 Å². The molecule has 0 N–H and O–H groups in total. The number of rotatable bonds is 4. The number of benzene rings is 1. The van der Waals surface area contributed by atoms with Crippen LogP contribution in [0.1, 0.15) is 34.1 Å². The Labute approximate surface area is 201 Å². The smallest absolute Gasteiger partial charge is 0.228 e. The van der Waals surface area contributed by atoms with Gasteiger partial charge in [-0.05, 0) is 53.1 Å². The third-order valence-electron chi connectivity index (χ3n) is 6.83. The predicted molar refractivity (Wildman–Crippen MR) is 122 cm³/mol. The molecule has 2 saturated heterocycles. The maximum absolute atomic E-state index is 13.9. The number of pyridine rings is 1. The second-order valence-corrected chi connectivity index (χ2v) is 8.95. The average molecular weight is 477 g/mol. The molecule has 2 atom stereocenters. The Kier molecular flexibility index (Phi) is 6.23. The van der Waals surface area contributed by atoms with Crippen LogP contribution in [0, 0.1) is 31.0 Å². The first-order valence-electron chi connectivity index (χ1n) is 11.5. The van der Waals surface area contributed by atoms with Crippen LogP contribution in [-0.4, -0.2) is 79.7 Å². The summed E-state index contributed by atoms with van der Waals surface area (Å²) in [5.41, 5.74) is 3.93. The summed E-state index contributed by atoms with van der Waals surface area (Å²) in [6.45, 7) is 6.73. The molecule has 0 aliphatic carbocycles. The van der Waals surface area contributed by atoms with E-state index in [-0.39, 0.29) is 30.0 Å². The topological polar surface area (TPSA) is 113 Å². The zero-order chi connectivity index (χ0) is 24.5. The number of amides is 1. The van der Waals surface area contributed by atoms with Crippen molar-refractivity contribution in [2.75, 3.05) is 32.8 Å². The first kappa shape index (κ1) is 23.0. The molecule has 35 heavy (non-hydrogen) atoms. The number of ether oxygens (including phenoxy) is 1. The van der Waals surface area contributed by atoms with Gasteiger partial charge in [-0.25, -0.2) is 4.39 Å². The minimum absolute atomic E-state index is 0.0295. The number of aromatic nitrogens is 5. The van der Waals surface area contributed by atoms with Gasteiger partial charge in [0.05, 0.1) is 48.3 Å². The summed E-state index contributed by atoms with van der Waals surface area (Å²) in [6, 6.07) is 6.97. The summed E-state index contributed by atoms with van der Waals surface area (Å²) in [6.07, 6.45) is 3.17. The van der Waals surface area contributed by atoms with Crippen LogP contribution in [0.3, 0.4) is 0 Å². The van der Waals surface area contributed by atoms with Gasteiger partial charge in [0.25, 0.3) is 0 Å². The van der Waals surface area contributed by atoms with E-state index < -0.39 is 5.82 Å². The summed E-state index contributed by atoms with van der Waals surface area (Å²) in [7, 11) is 0. The summed E-state index contributed by atoms with van der Waals surface area (Å²) in [5.74, 6) is -0.480. The molecule has 2 aromatic heterocycles. The van der Waals surface area contributed by atoms with Crippen LogP contribution in [0.25, 0.3) is 5.69 Å². The Morgan fingerprint density at radius 1 is 1.29 bits per heavy atom. The number of hydrogen-bond acceptors (Lipinski definition) is 8. The lowest BCUT2D eigenvalue weighted by Gasteiger charge is -2.46. The van der Waals surface area contributed by atoms with Crippen molar-refractivity contribution in [3.63, 3.8) is 0 Å². The Balaban J connectivity index is 1.21. The molecule has 1 aromatic carbocycles. The molecule has 1 amide bonds. The van der Waals surface area contributed by atoms with Crippen molar-refractivity contribution in [3.8, 4) is 11.8 Å². The highest BCUT2D eigenvalue weighted by Crippen LogP contribution is 2.31. The van der Waals surface area contributed by atoms with Crippen molar-refractivity contribution < 1.29 is 13.9 Å². The number of aryl methyl sites for hydroxylation is 1. The van der Waals surface area contributed by atoms with Crippen LogP contribution in [-0.2, 0) is 16.0 Å². The number of nitrogens with zero attached hydrogens (tertiary/aromatic N) is 8. The van der Waals surface area contributed by atoms with Crippen LogP contribution in [0.4, 0.5) is 4.39 Å². The molecule has 0 spiro atoms. The van der Waals surface area contributed by atoms with Gasteiger partial charge in [0, 0.05) is 26.2 Å². The van der Waals surface area contributed by atoms with Gasteiger partial charge in [-0.3, -0.25) is 14.7 Å². The van der Waals surface area contributed by atoms with E-state index in [0.29, 0.717) is 37.5 Å². The Bertz CT molecular complexity index is 1290. The first-order valence-corrected chi connectivity index (χ1v) is 11.5. The molecule has 2 fully saturated rings. The Morgan fingerprint density at radius 2 is 2.14 bits per heavy atom. The van der Waals surface area contributed by atoms with Gasteiger partial charge in [0.1, 0.15) is 18.2 Å². The molecule has 0 saturated carbocycles. The van der Waals surface area contributed by atoms with Gasteiger partial charge >= 0.3 is 0 Å². The van der Waals surface area contributed by atoms with Crippen LogP contribution < -0.4 is 0 Å². The highest BCUT2D eigenvalue weighted by atomic mass is 19.1. The number of morpholine rings is 1. The number of piperazine rings is 1. The normalized spacial score (nSPS) is 20.3. The molecule has 0 radical (unpaired) electrons. The quantitative estimate of drug-likeness (QED) is 0.557. The van der Waals surface area contributed by atoms with Gasteiger partial charge in [-0.1, -0.05) is 6.07 Å². The van der Waals surface area contributed by atoms with Crippen molar-refractivity contribution in [3.05, 3.63) is 64.5 Å². The van der Waals surface area contributed by atoms with Crippen molar-refractivity contribution >= 4 is 5.91 Å². The Morgan fingerprint density at radius 3 is 2.89 bits per heavy atom. The molecule has 180 valence electrons. The second-order valence-electron chi connectivity index (χ2n) is 8.95. The lowest BCUT2D eigenvalue weighted by Crippen LogP contribution is -2.59. The monoisotopic (exact) mass is 476 g/mol. The molecule has 0 bridgehead atoms. The van der Waals surface area contributed by atoms with Crippen molar-refractivity contribution in [2.24, 2.45) is 0 Å². The fraction of sp³-hybridized carbons (Fsp3) is 0.417. The molecule has 3 aromatic rings. The highest BCUT2D eigenvalue weighted by Gasteiger charge is 2.36. The second kappa shape index (κ2) is 9.48. The average Bonchev–Trinajstić information content (AvgIpc) is 3.38. The van der Waals surface area contributed by atoms with Gasteiger partial charge in [0.15, 0.2) is 0 Å². The largest absolute Gasteiger partial charge is 0.370 e. The lowest BCUT2D eigenvalue weighted by atomic mass is 9.96. The molecule has 0 unspecified atom stereocenters. The molecule has 11 heteroatoms. The van der Waals surface area contributed by atoms with E-state index in [1.54, 1.807) is 19.2 Å². The molecular formula is C24H25FN8O2. The minimum Gasteiger partial charge on any atom is -0.370 e. The first-order chi connectivity index (χ1) is 16.9. The van der Waals surface area contributed by atoms with E-state index in [2.05, 4.69) is 25.4 Å². The van der Waals surface area contributed by atoms with Crippen LogP contribution in [0.15, 0.2) is 30.7 Å². The van der Waals surface area contributed by atoms with E-state index >= 15 is 0 Å². The van der Waals surface area contributed by atoms with Crippen molar-refractivity contribution in [1.82, 2.24) is 35.0 Å². The number of hydrogen-bond donors (Lipinski definition) is 0. The summed E-state index contributed by atoms with van der Waals surface area (Å²) >= 11 is 0. The van der Waals surface area contributed by atoms with Crippen molar-refractivity contribution in [1.29, 1.82) is 5.26 Å². The standard InChI is InChI=1S/C24H25FN8O2/c1-15-7-17(27-10-22(15)33-14-28-29-30-33)8-24(34)32-6-5-31-12-23(35-13-18(31)11-32)19-3-4-21(25)20(9-26)16(19)2/h3-4,7,10,14,18,23H,5-6,8,11-13H2,1-2H3/t18-,23+/m0/s1. The van der Waals surface area contributed by atoms with E-state index in [4.69, 9.17) is 4.74 Å².